The summed E-state index contributed by atoms with van der Waals surface area (Å²) >= 11 is 4.29. The van der Waals surface area contributed by atoms with Gasteiger partial charge < -0.3 is 4.57 Å². The molecule has 2 heterocycles. The standard InChI is InChI=1S/C15H16N2O2S4/c1-3-8-17-12-7-6-11(20-2)10-13(12)22-15(17)16-23(18,19)14-5-4-9-21-14/h4-7,9-10H,3,8H2,1-2H3/b16-15-. The molecule has 4 nitrogen and oxygen atoms in total. The second-order valence-electron chi connectivity index (χ2n) is 4.87. The second kappa shape index (κ2) is 6.80. The van der Waals surface area contributed by atoms with E-state index in [1.807, 2.05) is 16.9 Å². The maximum atomic E-state index is 12.5. The summed E-state index contributed by atoms with van der Waals surface area (Å²) in [4.78, 5) is 1.70. The Kier molecular flexibility index (Phi) is 4.96. The minimum atomic E-state index is -3.65. The van der Waals surface area contributed by atoms with Crippen LogP contribution < -0.4 is 4.80 Å². The van der Waals surface area contributed by atoms with E-state index in [-0.39, 0.29) is 4.21 Å². The SMILES string of the molecule is CCCn1/c(=N/S(=O)(=O)c2cccs2)sc2cc(SC)ccc21. The van der Waals surface area contributed by atoms with Gasteiger partial charge in [0.25, 0.3) is 10.0 Å². The molecule has 3 aromatic rings. The number of benzene rings is 1. The second-order valence-corrected chi connectivity index (χ2v) is 9.54. The fourth-order valence-corrected chi connectivity index (χ4v) is 6.03. The average Bonchev–Trinajstić information content (AvgIpc) is 3.16. The minimum Gasteiger partial charge on any atom is -0.316 e. The fraction of sp³-hybridized carbons (Fsp3) is 0.267. The Morgan fingerprint density at radius 3 is 2.78 bits per heavy atom. The van der Waals surface area contributed by atoms with Gasteiger partial charge in [0, 0.05) is 11.4 Å². The topological polar surface area (TPSA) is 51.4 Å². The highest BCUT2D eigenvalue weighted by atomic mass is 32.2. The summed E-state index contributed by atoms with van der Waals surface area (Å²) in [7, 11) is -3.65. The van der Waals surface area contributed by atoms with Crippen LogP contribution in [-0.4, -0.2) is 19.2 Å². The van der Waals surface area contributed by atoms with Crippen molar-refractivity contribution >= 4 is 54.7 Å². The summed E-state index contributed by atoms with van der Waals surface area (Å²) in [5.41, 5.74) is 1.04. The Morgan fingerprint density at radius 2 is 2.13 bits per heavy atom. The van der Waals surface area contributed by atoms with Gasteiger partial charge >= 0.3 is 0 Å². The van der Waals surface area contributed by atoms with Crippen molar-refractivity contribution in [2.45, 2.75) is 29.0 Å². The summed E-state index contributed by atoms with van der Waals surface area (Å²) in [5, 5.41) is 1.75. The van der Waals surface area contributed by atoms with Crippen LogP contribution in [0.15, 0.2) is 49.2 Å². The normalized spacial score (nSPS) is 13.0. The molecule has 0 N–H and O–H groups in total. The number of thiazole rings is 1. The van der Waals surface area contributed by atoms with Crippen molar-refractivity contribution in [2.75, 3.05) is 6.26 Å². The van der Waals surface area contributed by atoms with Gasteiger partial charge in [0.15, 0.2) is 0 Å². The van der Waals surface area contributed by atoms with Crippen LogP contribution in [0.25, 0.3) is 10.2 Å². The van der Waals surface area contributed by atoms with E-state index in [4.69, 9.17) is 0 Å². The number of sulfonamides is 1. The molecule has 0 aliphatic carbocycles. The van der Waals surface area contributed by atoms with Gasteiger partial charge in [-0.2, -0.15) is 8.42 Å². The first-order valence-electron chi connectivity index (χ1n) is 7.07. The van der Waals surface area contributed by atoms with Crippen LogP contribution in [0.4, 0.5) is 0 Å². The van der Waals surface area contributed by atoms with Crippen molar-refractivity contribution in [3.63, 3.8) is 0 Å². The molecule has 3 rings (SSSR count). The van der Waals surface area contributed by atoms with Gasteiger partial charge in [0.1, 0.15) is 4.21 Å². The van der Waals surface area contributed by atoms with Crippen LogP contribution in [-0.2, 0) is 16.6 Å². The third-order valence-corrected chi connectivity index (χ3v) is 7.81. The van der Waals surface area contributed by atoms with Gasteiger partial charge in [-0.15, -0.1) is 27.5 Å². The molecule has 0 atom stereocenters. The Balaban J connectivity index is 2.23. The number of thioether (sulfide) groups is 1. The number of nitrogens with zero attached hydrogens (tertiary/aromatic N) is 2. The van der Waals surface area contributed by atoms with Crippen molar-refractivity contribution in [1.82, 2.24) is 4.57 Å². The third kappa shape index (κ3) is 3.40. The first kappa shape index (κ1) is 16.8. The third-order valence-electron chi connectivity index (χ3n) is 3.28. The highest BCUT2D eigenvalue weighted by Gasteiger charge is 2.15. The van der Waals surface area contributed by atoms with Crippen LogP contribution in [0.3, 0.4) is 0 Å². The van der Waals surface area contributed by atoms with E-state index < -0.39 is 10.0 Å². The van der Waals surface area contributed by atoms with Gasteiger partial charge in [0.05, 0.1) is 10.2 Å². The van der Waals surface area contributed by atoms with Crippen LogP contribution >= 0.6 is 34.4 Å². The summed E-state index contributed by atoms with van der Waals surface area (Å²) in [6, 6.07) is 9.51. The van der Waals surface area contributed by atoms with E-state index in [0.29, 0.717) is 4.80 Å². The molecule has 0 saturated heterocycles. The zero-order valence-electron chi connectivity index (χ0n) is 12.7. The molecule has 0 radical (unpaired) electrons. The van der Waals surface area contributed by atoms with Crippen LogP contribution in [0.1, 0.15) is 13.3 Å². The molecular formula is C15H16N2O2S4. The van der Waals surface area contributed by atoms with Gasteiger partial charge in [-0.05, 0) is 42.3 Å². The molecule has 1 aromatic carbocycles. The molecular weight excluding hydrogens is 368 g/mol. The molecule has 0 aliphatic heterocycles. The summed E-state index contributed by atoms with van der Waals surface area (Å²) in [6.07, 6.45) is 2.95. The predicted molar refractivity (Wildman–Crippen MR) is 99.0 cm³/mol. The largest absolute Gasteiger partial charge is 0.316 e. The Labute approximate surface area is 147 Å². The number of hydrogen-bond donors (Lipinski definition) is 0. The van der Waals surface area contributed by atoms with Crippen molar-refractivity contribution in [2.24, 2.45) is 4.40 Å². The van der Waals surface area contributed by atoms with E-state index in [0.717, 1.165) is 28.1 Å². The van der Waals surface area contributed by atoms with E-state index in [2.05, 4.69) is 23.5 Å². The molecule has 0 unspecified atom stereocenters. The van der Waals surface area contributed by atoms with Crippen LogP contribution in [0, 0.1) is 0 Å². The lowest BCUT2D eigenvalue weighted by molar-refractivity contribution is 0.596. The molecule has 0 spiro atoms. The molecule has 0 amide bonds. The lowest BCUT2D eigenvalue weighted by Crippen LogP contribution is -2.16. The highest BCUT2D eigenvalue weighted by molar-refractivity contribution is 7.98. The van der Waals surface area contributed by atoms with Crippen molar-refractivity contribution in [3.05, 3.63) is 40.5 Å². The summed E-state index contributed by atoms with van der Waals surface area (Å²) in [5.74, 6) is 0. The molecule has 0 fully saturated rings. The van der Waals surface area contributed by atoms with E-state index in [1.165, 1.54) is 22.7 Å². The maximum Gasteiger partial charge on any atom is 0.294 e. The molecule has 23 heavy (non-hydrogen) atoms. The van der Waals surface area contributed by atoms with E-state index >= 15 is 0 Å². The van der Waals surface area contributed by atoms with E-state index in [9.17, 15) is 8.42 Å². The highest BCUT2D eigenvalue weighted by Crippen LogP contribution is 2.25. The number of aromatic nitrogens is 1. The molecule has 8 heteroatoms. The van der Waals surface area contributed by atoms with Crippen molar-refractivity contribution in [3.8, 4) is 0 Å². The zero-order chi connectivity index (χ0) is 16.4. The molecule has 0 bridgehead atoms. The number of hydrogen-bond acceptors (Lipinski definition) is 5. The fourth-order valence-electron chi connectivity index (χ4n) is 2.25. The summed E-state index contributed by atoms with van der Waals surface area (Å²) in [6.45, 7) is 2.82. The monoisotopic (exact) mass is 384 g/mol. The Bertz CT molecular complexity index is 982. The Morgan fingerprint density at radius 1 is 1.30 bits per heavy atom. The van der Waals surface area contributed by atoms with Crippen LogP contribution in [0.2, 0.25) is 0 Å². The maximum absolute atomic E-state index is 12.5. The molecule has 0 saturated carbocycles. The molecule has 122 valence electrons. The number of rotatable bonds is 5. The van der Waals surface area contributed by atoms with Crippen molar-refractivity contribution < 1.29 is 8.42 Å². The smallest absolute Gasteiger partial charge is 0.294 e. The zero-order valence-corrected chi connectivity index (χ0v) is 16.0. The Hall–Kier alpha value is -1.09. The number of thiophene rings is 1. The average molecular weight is 385 g/mol. The lowest BCUT2D eigenvalue weighted by atomic mass is 10.3. The predicted octanol–water partition coefficient (Wildman–Crippen LogP) is 4.19. The van der Waals surface area contributed by atoms with Gasteiger partial charge in [0.2, 0.25) is 4.80 Å². The summed E-state index contributed by atoms with van der Waals surface area (Å²) < 4.78 is 32.3. The number of fused-ring (bicyclic) bond motifs is 1. The van der Waals surface area contributed by atoms with Gasteiger partial charge in [-0.1, -0.05) is 24.3 Å². The first-order chi connectivity index (χ1) is 11.0. The van der Waals surface area contributed by atoms with Crippen molar-refractivity contribution in [1.29, 1.82) is 0 Å². The number of aryl methyl sites for hydroxylation is 1. The quantitative estimate of drug-likeness (QED) is 0.620. The molecule has 0 aliphatic rings. The first-order valence-corrected chi connectivity index (χ1v) is 11.4. The van der Waals surface area contributed by atoms with Gasteiger partial charge in [-0.25, -0.2) is 0 Å². The minimum absolute atomic E-state index is 0.280. The lowest BCUT2D eigenvalue weighted by Gasteiger charge is -2.03. The van der Waals surface area contributed by atoms with Crippen LogP contribution in [0.5, 0.6) is 0 Å². The molecule has 2 aromatic heterocycles. The van der Waals surface area contributed by atoms with E-state index in [1.54, 1.807) is 29.3 Å². The van der Waals surface area contributed by atoms with Gasteiger partial charge in [-0.3, -0.25) is 0 Å².